The number of aliphatic hydroxyl groups is 3. The summed E-state index contributed by atoms with van der Waals surface area (Å²) >= 11 is 0. The van der Waals surface area contributed by atoms with E-state index >= 15 is 0 Å². The lowest BCUT2D eigenvalue weighted by atomic mass is 10.1. The van der Waals surface area contributed by atoms with Crippen molar-refractivity contribution >= 4 is 10.2 Å². The van der Waals surface area contributed by atoms with Gasteiger partial charge in [0.25, 0.3) is 10.2 Å². The molecule has 0 amide bonds. The monoisotopic (exact) mass is 298 g/mol. The number of nitrogens with one attached hydrogen (secondary N) is 1. The molecule has 1 heterocycles. The van der Waals surface area contributed by atoms with Crippen LogP contribution in [0.3, 0.4) is 0 Å². The lowest BCUT2D eigenvalue weighted by molar-refractivity contribution is -0.0451. The van der Waals surface area contributed by atoms with Gasteiger partial charge in [-0.2, -0.15) is 17.4 Å². The van der Waals surface area contributed by atoms with Crippen molar-refractivity contribution < 1.29 is 28.5 Å². The van der Waals surface area contributed by atoms with E-state index in [0.29, 0.717) is 0 Å². The van der Waals surface area contributed by atoms with E-state index in [4.69, 9.17) is 20.1 Å². The Balaban J connectivity index is 2.85. The zero-order valence-corrected chi connectivity index (χ0v) is 11.9. The van der Waals surface area contributed by atoms with Crippen molar-refractivity contribution in [1.82, 2.24) is 9.03 Å². The number of hydrogen-bond acceptors (Lipinski definition) is 6. The van der Waals surface area contributed by atoms with Gasteiger partial charge in [0.15, 0.2) is 0 Å². The number of nitrogens with zero attached hydrogens (tertiary/aromatic N) is 1. The summed E-state index contributed by atoms with van der Waals surface area (Å²) in [5, 5.41) is 27.5. The summed E-state index contributed by atoms with van der Waals surface area (Å²) < 4.78 is 33.2. The van der Waals surface area contributed by atoms with Crippen LogP contribution in [0.25, 0.3) is 0 Å². The first-order valence-corrected chi connectivity index (χ1v) is 7.49. The third-order valence-electron chi connectivity index (χ3n) is 2.98. The van der Waals surface area contributed by atoms with E-state index in [0.717, 1.165) is 0 Å². The van der Waals surface area contributed by atoms with E-state index in [1.165, 1.54) is 4.31 Å². The van der Waals surface area contributed by atoms with Crippen molar-refractivity contribution in [2.75, 3.05) is 32.9 Å². The molecule has 2 atom stereocenters. The van der Waals surface area contributed by atoms with Crippen molar-refractivity contribution in [1.29, 1.82) is 0 Å². The minimum absolute atomic E-state index is 0.179. The molecule has 1 fully saturated rings. The van der Waals surface area contributed by atoms with Crippen LogP contribution in [0, 0.1) is 0 Å². The van der Waals surface area contributed by atoms with Crippen LogP contribution >= 0.6 is 0 Å². The summed E-state index contributed by atoms with van der Waals surface area (Å²) in [5.41, 5.74) is -1.66. The number of morpholine rings is 1. The second kappa shape index (κ2) is 6.44. The van der Waals surface area contributed by atoms with Gasteiger partial charge in [0.05, 0.1) is 32.0 Å². The van der Waals surface area contributed by atoms with Gasteiger partial charge in [0.1, 0.15) is 5.54 Å². The Kier molecular flexibility index (Phi) is 5.68. The summed E-state index contributed by atoms with van der Waals surface area (Å²) in [5.74, 6) is 0. The van der Waals surface area contributed by atoms with Gasteiger partial charge in [0, 0.05) is 13.1 Å². The molecule has 4 N–H and O–H groups in total. The average Bonchev–Trinajstić information content (AvgIpc) is 2.35. The van der Waals surface area contributed by atoms with Gasteiger partial charge >= 0.3 is 0 Å². The molecule has 0 aromatic heterocycles. The summed E-state index contributed by atoms with van der Waals surface area (Å²) in [7, 11) is -3.92. The van der Waals surface area contributed by atoms with Gasteiger partial charge in [-0.1, -0.05) is 0 Å². The van der Waals surface area contributed by atoms with Gasteiger partial charge in [-0.3, -0.25) is 0 Å². The average molecular weight is 298 g/mol. The third-order valence-corrected chi connectivity index (χ3v) is 4.65. The maximum Gasteiger partial charge on any atom is 0.280 e. The van der Waals surface area contributed by atoms with E-state index in [-0.39, 0.29) is 25.3 Å². The minimum Gasteiger partial charge on any atom is -0.394 e. The lowest BCUT2D eigenvalue weighted by Gasteiger charge is -2.37. The molecule has 8 nitrogen and oxygen atoms in total. The Bertz CT molecular complexity index is 365. The normalized spacial score (nSPS) is 26.6. The molecule has 9 heteroatoms. The quantitative estimate of drug-likeness (QED) is 0.436. The van der Waals surface area contributed by atoms with Crippen molar-refractivity contribution in [2.24, 2.45) is 0 Å². The van der Waals surface area contributed by atoms with Crippen molar-refractivity contribution in [2.45, 2.75) is 31.6 Å². The molecular formula is C10H22N2O6S. The Labute approximate surface area is 113 Å². The SMILES string of the molecule is CC1CN(S(=O)(=O)NC(CO)(CO)CO)CC(C)O1. The first kappa shape index (κ1) is 16.8. The Morgan fingerprint density at radius 2 is 1.58 bits per heavy atom. The molecular weight excluding hydrogens is 276 g/mol. The van der Waals surface area contributed by atoms with E-state index in [1.807, 2.05) is 0 Å². The predicted octanol–water partition coefficient (Wildman–Crippen LogP) is -2.35. The zero-order valence-electron chi connectivity index (χ0n) is 11.1. The molecule has 0 radical (unpaired) electrons. The van der Waals surface area contributed by atoms with E-state index in [2.05, 4.69) is 4.72 Å². The van der Waals surface area contributed by atoms with E-state index in [9.17, 15) is 8.42 Å². The molecule has 0 aromatic rings. The molecule has 0 saturated carbocycles. The first-order valence-electron chi connectivity index (χ1n) is 6.05. The predicted molar refractivity (Wildman–Crippen MR) is 67.6 cm³/mol. The maximum absolute atomic E-state index is 12.2. The van der Waals surface area contributed by atoms with E-state index in [1.54, 1.807) is 13.8 Å². The minimum atomic E-state index is -3.92. The van der Waals surface area contributed by atoms with Crippen LogP contribution in [-0.4, -0.2) is 78.7 Å². The van der Waals surface area contributed by atoms with Crippen LogP contribution in [0.1, 0.15) is 13.8 Å². The van der Waals surface area contributed by atoms with Crippen LogP contribution < -0.4 is 4.72 Å². The molecule has 1 aliphatic rings. The van der Waals surface area contributed by atoms with Crippen molar-refractivity contribution in [3.05, 3.63) is 0 Å². The van der Waals surface area contributed by atoms with Crippen LogP contribution in [-0.2, 0) is 14.9 Å². The highest BCUT2D eigenvalue weighted by Crippen LogP contribution is 2.15. The summed E-state index contributed by atoms with van der Waals surface area (Å²) in [6, 6.07) is 0. The number of rotatable bonds is 6. The number of aliphatic hydroxyl groups excluding tert-OH is 3. The van der Waals surface area contributed by atoms with Gasteiger partial charge < -0.3 is 20.1 Å². The molecule has 1 saturated heterocycles. The topological polar surface area (TPSA) is 119 Å². The maximum atomic E-state index is 12.2. The van der Waals surface area contributed by atoms with Crippen LogP contribution in [0.4, 0.5) is 0 Å². The summed E-state index contributed by atoms with van der Waals surface area (Å²) in [6.07, 6.45) is -0.487. The first-order chi connectivity index (χ1) is 8.78. The fraction of sp³-hybridized carbons (Fsp3) is 1.00. The smallest absolute Gasteiger partial charge is 0.280 e. The second-order valence-electron chi connectivity index (χ2n) is 4.94. The molecule has 0 spiro atoms. The highest BCUT2D eigenvalue weighted by atomic mass is 32.2. The molecule has 19 heavy (non-hydrogen) atoms. The number of ether oxygens (including phenoxy) is 1. The van der Waals surface area contributed by atoms with E-state index < -0.39 is 35.6 Å². The van der Waals surface area contributed by atoms with Crippen LogP contribution in [0.15, 0.2) is 0 Å². The fourth-order valence-corrected chi connectivity index (χ4v) is 3.59. The largest absolute Gasteiger partial charge is 0.394 e. The van der Waals surface area contributed by atoms with Crippen molar-refractivity contribution in [3.63, 3.8) is 0 Å². The highest BCUT2D eigenvalue weighted by Gasteiger charge is 2.38. The fourth-order valence-electron chi connectivity index (χ4n) is 1.91. The molecule has 1 aliphatic heterocycles. The Hall–Kier alpha value is -0.290. The zero-order chi connectivity index (χ0) is 14.7. The molecule has 0 bridgehead atoms. The number of hydrogen-bond donors (Lipinski definition) is 4. The Morgan fingerprint density at radius 3 is 1.95 bits per heavy atom. The molecule has 2 unspecified atom stereocenters. The van der Waals surface area contributed by atoms with Gasteiger partial charge in [0.2, 0.25) is 0 Å². The summed E-state index contributed by atoms with van der Waals surface area (Å²) in [4.78, 5) is 0. The molecule has 0 aromatic carbocycles. The Morgan fingerprint density at radius 1 is 1.16 bits per heavy atom. The van der Waals surface area contributed by atoms with Gasteiger partial charge in [-0.05, 0) is 13.8 Å². The van der Waals surface area contributed by atoms with Crippen LogP contribution in [0.5, 0.6) is 0 Å². The molecule has 1 rings (SSSR count). The van der Waals surface area contributed by atoms with Gasteiger partial charge in [-0.15, -0.1) is 0 Å². The second-order valence-corrected chi connectivity index (χ2v) is 6.61. The van der Waals surface area contributed by atoms with Gasteiger partial charge in [-0.25, -0.2) is 0 Å². The standard InChI is InChI=1S/C10H22N2O6S/c1-8-3-12(4-9(2)18-8)19(16,17)11-10(5-13,6-14)7-15/h8-9,11,13-15H,3-7H2,1-2H3. The third kappa shape index (κ3) is 4.09. The van der Waals surface area contributed by atoms with Crippen LogP contribution in [0.2, 0.25) is 0 Å². The highest BCUT2D eigenvalue weighted by molar-refractivity contribution is 7.87. The molecule has 114 valence electrons. The molecule has 0 aliphatic carbocycles. The van der Waals surface area contributed by atoms with Crippen molar-refractivity contribution in [3.8, 4) is 0 Å². The summed E-state index contributed by atoms with van der Waals surface area (Å²) in [6.45, 7) is 1.78. The lowest BCUT2D eigenvalue weighted by Crippen LogP contribution is -2.62.